The number of aryl methyl sites for hydroxylation is 1. The lowest BCUT2D eigenvalue weighted by atomic mass is 10.1. The maximum Gasteiger partial charge on any atom is 0.422 e. The quantitative estimate of drug-likeness (QED) is 0.745. The molecule has 5 nitrogen and oxygen atoms in total. The number of methoxy groups -OCH3 is 1. The number of pyridine rings is 1. The molecule has 0 aliphatic heterocycles. The highest BCUT2D eigenvalue weighted by molar-refractivity contribution is 5.92. The molecule has 0 aliphatic carbocycles. The molecule has 1 N–H and O–H groups in total. The van der Waals surface area contributed by atoms with E-state index in [1.807, 2.05) is 19.1 Å². The fraction of sp³-hybridized carbons (Fsp3) is 0.263. The topological polar surface area (TPSA) is 60.5 Å². The number of nitrogens with zero attached hydrogens (tertiary/aromatic N) is 1. The van der Waals surface area contributed by atoms with E-state index in [1.165, 1.54) is 25.4 Å². The number of carbonyl (C=O) groups excluding carboxylic acids is 1. The number of alkyl halides is 3. The lowest BCUT2D eigenvalue weighted by molar-refractivity contribution is -0.154. The van der Waals surface area contributed by atoms with Gasteiger partial charge >= 0.3 is 6.18 Å². The first kappa shape index (κ1) is 20.3. The fourth-order valence-electron chi connectivity index (χ4n) is 2.23. The van der Waals surface area contributed by atoms with Crippen molar-refractivity contribution < 1.29 is 27.4 Å². The van der Waals surface area contributed by atoms with Crippen LogP contribution in [0.25, 0.3) is 6.08 Å². The van der Waals surface area contributed by atoms with Gasteiger partial charge in [0.15, 0.2) is 6.61 Å². The molecule has 2 rings (SSSR count). The summed E-state index contributed by atoms with van der Waals surface area (Å²) in [6, 6.07) is 8.64. The van der Waals surface area contributed by atoms with E-state index in [1.54, 1.807) is 18.2 Å². The predicted octanol–water partition coefficient (Wildman–Crippen LogP) is 3.67. The van der Waals surface area contributed by atoms with Crippen LogP contribution in [0.3, 0.4) is 0 Å². The molecular formula is C19H19F3N2O3. The minimum absolute atomic E-state index is 0.0187. The summed E-state index contributed by atoms with van der Waals surface area (Å²) in [5.74, 6) is 0.0448. The summed E-state index contributed by atoms with van der Waals surface area (Å²) in [7, 11) is 1.53. The van der Waals surface area contributed by atoms with E-state index in [2.05, 4.69) is 15.0 Å². The first-order valence-corrected chi connectivity index (χ1v) is 8.02. The molecule has 8 heteroatoms. The highest BCUT2D eigenvalue weighted by Crippen LogP contribution is 2.21. The van der Waals surface area contributed by atoms with Gasteiger partial charge in [-0.15, -0.1) is 0 Å². The largest absolute Gasteiger partial charge is 0.496 e. The molecule has 0 saturated carbocycles. The second-order valence-electron chi connectivity index (χ2n) is 5.67. The minimum atomic E-state index is -4.46. The van der Waals surface area contributed by atoms with Crippen LogP contribution < -0.4 is 14.8 Å². The van der Waals surface area contributed by atoms with Crippen LogP contribution in [-0.4, -0.2) is 30.8 Å². The predicted molar refractivity (Wildman–Crippen MR) is 94.4 cm³/mol. The molecule has 0 saturated heterocycles. The molecule has 0 aliphatic rings. The van der Waals surface area contributed by atoms with Crippen molar-refractivity contribution in [3.63, 3.8) is 0 Å². The van der Waals surface area contributed by atoms with Crippen molar-refractivity contribution in [3.05, 3.63) is 59.3 Å². The van der Waals surface area contributed by atoms with Crippen LogP contribution in [0.1, 0.15) is 16.7 Å². The Bertz CT molecular complexity index is 820. The van der Waals surface area contributed by atoms with Gasteiger partial charge in [0.2, 0.25) is 11.8 Å². The van der Waals surface area contributed by atoms with Crippen molar-refractivity contribution >= 4 is 12.0 Å². The van der Waals surface area contributed by atoms with Gasteiger partial charge in [0.05, 0.1) is 7.11 Å². The summed E-state index contributed by atoms with van der Waals surface area (Å²) >= 11 is 0. The number of amides is 1. The van der Waals surface area contributed by atoms with Crippen molar-refractivity contribution in [1.29, 1.82) is 0 Å². The van der Waals surface area contributed by atoms with Gasteiger partial charge in [0.25, 0.3) is 0 Å². The fourth-order valence-corrected chi connectivity index (χ4v) is 2.23. The number of ether oxygens (including phenoxy) is 2. The van der Waals surface area contributed by atoms with E-state index >= 15 is 0 Å². The van der Waals surface area contributed by atoms with E-state index in [0.29, 0.717) is 11.3 Å². The standard InChI is InChI=1S/C19H19F3N2O3/c1-13-5-7-16(26-2)14(10-13)6-8-17(25)24-11-15-4-3-9-23-18(15)27-12-19(20,21)22/h3-10H,11-12H2,1-2H3,(H,24,25)/b8-6+. The second-order valence-corrected chi connectivity index (χ2v) is 5.67. The average molecular weight is 380 g/mol. The van der Waals surface area contributed by atoms with Crippen LogP contribution >= 0.6 is 0 Å². The molecule has 0 atom stereocenters. The van der Waals surface area contributed by atoms with E-state index in [-0.39, 0.29) is 12.4 Å². The van der Waals surface area contributed by atoms with E-state index in [9.17, 15) is 18.0 Å². The molecular weight excluding hydrogens is 361 g/mol. The maximum atomic E-state index is 12.3. The molecule has 0 unspecified atom stereocenters. The summed E-state index contributed by atoms with van der Waals surface area (Å²) in [5.41, 5.74) is 2.09. The van der Waals surface area contributed by atoms with Gasteiger partial charge in [-0.2, -0.15) is 13.2 Å². The van der Waals surface area contributed by atoms with Gasteiger partial charge in [-0.05, 0) is 31.2 Å². The number of carbonyl (C=O) groups is 1. The lowest BCUT2D eigenvalue weighted by Gasteiger charge is -2.12. The van der Waals surface area contributed by atoms with Gasteiger partial charge in [-0.3, -0.25) is 4.79 Å². The molecule has 1 aromatic carbocycles. The monoisotopic (exact) mass is 380 g/mol. The second kappa shape index (κ2) is 9.07. The van der Waals surface area contributed by atoms with Crippen molar-refractivity contribution in [3.8, 4) is 11.6 Å². The third kappa shape index (κ3) is 6.65. The molecule has 1 heterocycles. The molecule has 0 bridgehead atoms. The van der Waals surface area contributed by atoms with Gasteiger partial charge in [-0.25, -0.2) is 4.98 Å². The Morgan fingerprint density at radius 3 is 2.78 bits per heavy atom. The normalized spacial score (nSPS) is 11.4. The molecule has 1 aromatic heterocycles. The number of benzene rings is 1. The molecule has 0 spiro atoms. The number of nitrogens with one attached hydrogen (secondary N) is 1. The lowest BCUT2D eigenvalue weighted by Crippen LogP contribution is -2.23. The first-order valence-electron chi connectivity index (χ1n) is 8.02. The summed E-state index contributed by atoms with van der Waals surface area (Å²) in [4.78, 5) is 15.8. The Hall–Kier alpha value is -3.03. The van der Waals surface area contributed by atoms with Crippen LogP contribution in [-0.2, 0) is 11.3 Å². The number of aromatic nitrogens is 1. The van der Waals surface area contributed by atoms with E-state index in [4.69, 9.17) is 4.74 Å². The Labute approximate surface area is 154 Å². The van der Waals surface area contributed by atoms with E-state index in [0.717, 1.165) is 11.1 Å². The van der Waals surface area contributed by atoms with Crippen LogP contribution in [0.5, 0.6) is 11.6 Å². The SMILES string of the molecule is COc1ccc(C)cc1/C=C/C(=O)NCc1cccnc1OCC(F)(F)F. The van der Waals surface area contributed by atoms with Gasteiger partial charge in [-0.1, -0.05) is 17.7 Å². The minimum Gasteiger partial charge on any atom is -0.496 e. The van der Waals surface area contributed by atoms with Crippen molar-refractivity contribution in [2.24, 2.45) is 0 Å². The first-order chi connectivity index (χ1) is 12.8. The Balaban J connectivity index is 1.99. The number of rotatable bonds is 7. The smallest absolute Gasteiger partial charge is 0.422 e. The highest BCUT2D eigenvalue weighted by atomic mass is 19.4. The summed E-state index contributed by atoms with van der Waals surface area (Å²) in [6.45, 7) is 0.453. The maximum absolute atomic E-state index is 12.3. The Kier molecular flexibility index (Phi) is 6.81. The zero-order chi connectivity index (χ0) is 19.9. The van der Waals surface area contributed by atoms with Gasteiger partial charge < -0.3 is 14.8 Å². The van der Waals surface area contributed by atoms with Crippen molar-refractivity contribution in [1.82, 2.24) is 10.3 Å². The third-order valence-electron chi connectivity index (χ3n) is 3.48. The van der Waals surface area contributed by atoms with Gasteiger partial charge in [0, 0.05) is 29.9 Å². The number of hydrogen-bond acceptors (Lipinski definition) is 4. The number of hydrogen-bond donors (Lipinski definition) is 1. The van der Waals surface area contributed by atoms with Crippen LogP contribution in [0.2, 0.25) is 0 Å². The summed E-state index contributed by atoms with van der Waals surface area (Å²) < 4.78 is 46.8. The van der Waals surface area contributed by atoms with Crippen LogP contribution in [0.15, 0.2) is 42.6 Å². The molecule has 0 fully saturated rings. The van der Waals surface area contributed by atoms with Crippen LogP contribution in [0, 0.1) is 6.92 Å². The molecule has 1 amide bonds. The Morgan fingerprint density at radius 1 is 1.30 bits per heavy atom. The third-order valence-corrected chi connectivity index (χ3v) is 3.48. The average Bonchev–Trinajstić information content (AvgIpc) is 2.63. The van der Waals surface area contributed by atoms with Crippen molar-refractivity contribution in [2.45, 2.75) is 19.6 Å². The molecule has 0 radical (unpaired) electrons. The zero-order valence-electron chi connectivity index (χ0n) is 14.8. The summed E-state index contributed by atoms with van der Waals surface area (Å²) in [6.07, 6.45) is -0.218. The van der Waals surface area contributed by atoms with Crippen LogP contribution in [0.4, 0.5) is 13.2 Å². The number of halogens is 3. The summed E-state index contributed by atoms with van der Waals surface area (Å²) in [5, 5.41) is 2.59. The molecule has 144 valence electrons. The zero-order valence-corrected chi connectivity index (χ0v) is 14.8. The Morgan fingerprint density at radius 2 is 2.07 bits per heavy atom. The van der Waals surface area contributed by atoms with E-state index < -0.39 is 18.7 Å². The highest BCUT2D eigenvalue weighted by Gasteiger charge is 2.29. The van der Waals surface area contributed by atoms with Crippen molar-refractivity contribution in [2.75, 3.05) is 13.7 Å². The molecule has 27 heavy (non-hydrogen) atoms. The molecule has 2 aromatic rings. The van der Waals surface area contributed by atoms with Gasteiger partial charge in [0.1, 0.15) is 5.75 Å².